The lowest BCUT2D eigenvalue weighted by atomic mass is 10.2. The molecule has 0 saturated heterocycles. The second-order valence-electron chi connectivity index (χ2n) is 4.91. The van der Waals surface area contributed by atoms with Crippen molar-refractivity contribution in [2.45, 2.75) is 19.5 Å². The van der Waals surface area contributed by atoms with E-state index in [0.29, 0.717) is 11.9 Å². The Balaban J connectivity index is 2.33. The first-order chi connectivity index (χ1) is 9.54. The summed E-state index contributed by atoms with van der Waals surface area (Å²) in [5.74, 6) is -0.0308. The lowest BCUT2D eigenvalue weighted by Crippen LogP contribution is -2.41. The number of nitrogens with two attached hydrogens (primary N) is 1. The third kappa shape index (κ3) is 2.72. The number of benzene rings is 1. The molecule has 1 unspecified atom stereocenters. The van der Waals surface area contributed by atoms with Gasteiger partial charge in [-0.05, 0) is 19.1 Å². The number of aromatic nitrogens is 1. The maximum Gasteiger partial charge on any atom is 0.242 e. The molecule has 2 aromatic rings. The number of hydrogen-bond donors (Lipinski definition) is 1. The standard InChI is InChI=1S/C15H19N3O2/c1-11(9-16)17(2)15(20)10-18-8-7-14(19)12-5-3-4-6-13(12)18/h3-8,11H,9-10,16H2,1-2H3. The van der Waals surface area contributed by atoms with Gasteiger partial charge in [0.2, 0.25) is 5.91 Å². The van der Waals surface area contributed by atoms with Gasteiger partial charge in [-0.3, -0.25) is 9.59 Å². The van der Waals surface area contributed by atoms with Crippen molar-refractivity contribution in [2.24, 2.45) is 5.73 Å². The van der Waals surface area contributed by atoms with E-state index in [-0.39, 0.29) is 23.9 Å². The summed E-state index contributed by atoms with van der Waals surface area (Å²) in [6.45, 7) is 2.52. The molecule has 0 fully saturated rings. The zero-order valence-electron chi connectivity index (χ0n) is 11.7. The number of carbonyl (C=O) groups is 1. The summed E-state index contributed by atoms with van der Waals surface area (Å²) in [5, 5.41) is 0.623. The van der Waals surface area contributed by atoms with Crippen LogP contribution >= 0.6 is 0 Å². The van der Waals surface area contributed by atoms with E-state index < -0.39 is 0 Å². The van der Waals surface area contributed by atoms with Crippen molar-refractivity contribution in [2.75, 3.05) is 13.6 Å². The molecule has 0 aliphatic heterocycles. The third-order valence-corrected chi connectivity index (χ3v) is 3.59. The van der Waals surface area contributed by atoms with Crippen LogP contribution in [0.25, 0.3) is 10.9 Å². The Morgan fingerprint density at radius 3 is 2.75 bits per heavy atom. The van der Waals surface area contributed by atoms with Crippen LogP contribution in [0.5, 0.6) is 0 Å². The fourth-order valence-corrected chi connectivity index (χ4v) is 2.06. The van der Waals surface area contributed by atoms with E-state index in [9.17, 15) is 9.59 Å². The third-order valence-electron chi connectivity index (χ3n) is 3.59. The maximum absolute atomic E-state index is 12.2. The number of carbonyl (C=O) groups excluding carboxylic acids is 1. The van der Waals surface area contributed by atoms with Gasteiger partial charge in [-0.2, -0.15) is 0 Å². The molecule has 0 saturated carbocycles. The van der Waals surface area contributed by atoms with Crippen molar-refractivity contribution >= 4 is 16.8 Å². The van der Waals surface area contributed by atoms with Gasteiger partial charge in [0.05, 0.1) is 5.52 Å². The van der Waals surface area contributed by atoms with E-state index in [1.54, 1.807) is 28.8 Å². The second kappa shape index (κ2) is 5.88. The number of rotatable bonds is 4. The molecule has 5 nitrogen and oxygen atoms in total. The van der Waals surface area contributed by atoms with E-state index in [1.807, 2.05) is 25.1 Å². The quantitative estimate of drug-likeness (QED) is 0.896. The number of pyridine rings is 1. The van der Waals surface area contributed by atoms with Crippen LogP contribution in [0.1, 0.15) is 6.92 Å². The molecule has 1 aromatic carbocycles. The summed E-state index contributed by atoms with van der Waals surface area (Å²) in [5.41, 5.74) is 6.30. The summed E-state index contributed by atoms with van der Waals surface area (Å²) in [4.78, 5) is 25.6. The second-order valence-corrected chi connectivity index (χ2v) is 4.91. The smallest absolute Gasteiger partial charge is 0.242 e. The molecule has 20 heavy (non-hydrogen) atoms. The van der Waals surface area contributed by atoms with Gasteiger partial charge in [0.25, 0.3) is 0 Å². The molecule has 1 amide bonds. The average molecular weight is 273 g/mol. The van der Waals surface area contributed by atoms with Crippen molar-refractivity contribution in [1.29, 1.82) is 0 Å². The number of nitrogens with zero attached hydrogens (tertiary/aromatic N) is 2. The Hall–Kier alpha value is -2.14. The molecule has 0 aliphatic carbocycles. The molecule has 1 heterocycles. The number of hydrogen-bond acceptors (Lipinski definition) is 3. The van der Waals surface area contributed by atoms with Gasteiger partial charge in [0.15, 0.2) is 5.43 Å². The highest BCUT2D eigenvalue weighted by Crippen LogP contribution is 2.10. The molecular weight excluding hydrogens is 254 g/mol. The minimum atomic E-state index is -0.0343. The fraction of sp³-hybridized carbons (Fsp3) is 0.333. The first kappa shape index (κ1) is 14.3. The van der Waals surface area contributed by atoms with Gasteiger partial charge < -0.3 is 15.2 Å². The number of amides is 1. The van der Waals surface area contributed by atoms with Crippen LogP contribution in [-0.2, 0) is 11.3 Å². The summed E-state index contributed by atoms with van der Waals surface area (Å²) in [6.07, 6.45) is 1.66. The Morgan fingerprint density at radius 2 is 2.05 bits per heavy atom. The van der Waals surface area contributed by atoms with E-state index in [2.05, 4.69) is 0 Å². The lowest BCUT2D eigenvalue weighted by Gasteiger charge is -2.24. The topological polar surface area (TPSA) is 68.3 Å². The van der Waals surface area contributed by atoms with Crippen LogP contribution in [0, 0.1) is 0 Å². The molecule has 0 aliphatic rings. The zero-order chi connectivity index (χ0) is 14.7. The molecular formula is C15H19N3O2. The first-order valence-corrected chi connectivity index (χ1v) is 6.58. The molecule has 2 N–H and O–H groups in total. The first-order valence-electron chi connectivity index (χ1n) is 6.58. The van der Waals surface area contributed by atoms with Crippen LogP contribution in [0.15, 0.2) is 41.3 Å². The van der Waals surface area contributed by atoms with Crippen molar-refractivity contribution < 1.29 is 4.79 Å². The summed E-state index contributed by atoms with van der Waals surface area (Å²) < 4.78 is 1.79. The molecule has 1 aromatic heterocycles. The Labute approximate surface area is 117 Å². The van der Waals surface area contributed by atoms with E-state index in [0.717, 1.165) is 5.52 Å². The van der Waals surface area contributed by atoms with Gasteiger partial charge in [-0.1, -0.05) is 12.1 Å². The minimum Gasteiger partial charge on any atom is -0.340 e. The SMILES string of the molecule is CC(CN)N(C)C(=O)Cn1ccc(=O)c2ccccc21. The van der Waals surface area contributed by atoms with Gasteiger partial charge >= 0.3 is 0 Å². The molecule has 106 valence electrons. The van der Waals surface area contributed by atoms with Crippen LogP contribution in [0.2, 0.25) is 0 Å². The fourth-order valence-electron chi connectivity index (χ4n) is 2.06. The van der Waals surface area contributed by atoms with E-state index in [4.69, 9.17) is 5.73 Å². The minimum absolute atomic E-state index is 0.00635. The van der Waals surface area contributed by atoms with E-state index >= 15 is 0 Å². The maximum atomic E-state index is 12.2. The predicted octanol–water partition coefficient (Wildman–Crippen LogP) is 0.807. The largest absolute Gasteiger partial charge is 0.340 e. The zero-order valence-corrected chi connectivity index (χ0v) is 11.7. The van der Waals surface area contributed by atoms with Crippen LogP contribution in [0.3, 0.4) is 0 Å². The van der Waals surface area contributed by atoms with Crippen molar-refractivity contribution in [3.63, 3.8) is 0 Å². The molecule has 0 spiro atoms. The molecule has 0 radical (unpaired) electrons. The van der Waals surface area contributed by atoms with Crippen LogP contribution in [-0.4, -0.2) is 35.0 Å². The van der Waals surface area contributed by atoms with Crippen molar-refractivity contribution in [1.82, 2.24) is 9.47 Å². The molecule has 0 bridgehead atoms. The van der Waals surface area contributed by atoms with Gasteiger partial charge in [0.1, 0.15) is 6.54 Å². The monoisotopic (exact) mass is 273 g/mol. The van der Waals surface area contributed by atoms with Gasteiger partial charge in [-0.15, -0.1) is 0 Å². The highest BCUT2D eigenvalue weighted by molar-refractivity contribution is 5.82. The summed E-state index contributed by atoms with van der Waals surface area (Å²) in [7, 11) is 1.74. The highest BCUT2D eigenvalue weighted by Gasteiger charge is 2.15. The average Bonchev–Trinajstić information content (AvgIpc) is 2.48. The van der Waals surface area contributed by atoms with Crippen LogP contribution < -0.4 is 11.2 Å². The molecule has 5 heteroatoms. The predicted molar refractivity (Wildman–Crippen MR) is 79.5 cm³/mol. The number of fused-ring (bicyclic) bond motifs is 1. The molecule has 2 rings (SSSR count). The Morgan fingerprint density at radius 1 is 1.35 bits per heavy atom. The van der Waals surface area contributed by atoms with Crippen LogP contribution in [0.4, 0.5) is 0 Å². The van der Waals surface area contributed by atoms with Crippen molar-refractivity contribution in [3.05, 3.63) is 46.8 Å². The number of para-hydroxylation sites is 1. The molecule has 1 atom stereocenters. The Bertz CT molecular complexity index is 678. The lowest BCUT2D eigenvalue weighted by molar-refractivity contribution is -0.132. The number of likely N-dealkylation sites (N-methyl/N-ethyl adjacent to an activating group) is 1. The van der Waals surface area contributed by atoms with Gasteiger partial charge in [-0.25, -0.2) is 0 Å². The highest BCUT2D eigenvalue weighted by atomic mass is 16.2. The van der Waals surface area contributed by atoms with Crippen molar-refractivity contribution in [3.8, 4) is 0 Å². The van der Waals surface area contributed by atoms with Gasteiger partial charge in [0, 0.05) is 37.3 Å². The Kier molecular flexibility index (Phi) is 4.20. The normalized spacial score (nSPS) is 12.3. The summed E-state index contributed by atoms with van der Waals surface area (Å²) >= 11 is 0. The summed E-state index contributed by atoms with van der Waals surface area (Å²) in [6, 6.07) is 8.77. The van der Waals surface area contributed by atoms with E-state index in [1.165, 1.54) is 6.07 Å².